The first kappa shape index (κ1) is 8.16. The van der Waals surface area contributed by atoms with Gasteiger partial charge in [-0.1, -0.05) is 6.07 Å². The maximum atomic E-state index is 5.79. The van der Waals surface area contributed by atoms with Crippen molar-refractivity contribution in [3.05, 3.63) is 30.2 Å². The number of pyridine rings is 1. The van der Waals surface area contributed by atoms with Crippen LogP contribution in [0.5, 0.6) is 0 Å². The van der Waals surface area contributed by atoms with Crippen LogP contribution in [0.25, 0.3) is 16.8 Å². The minimum Gasteiger partial charge on any atom is -0.382 e. The van der Waals surface area contributed by atoms with Crippen molar-refractivity contribution in [3.8, 4) is 0 Å². The number of anilines is 1. The summed E-state index contributed by atoms with van der Waals surface area (Å²) < 4.78 is 1.90. The number of rotatable bonds is 0. The Morgan fingerprint density at radius 1 is 1.20 bits per heavy atom. The molecule has 5 nitrogen and oxygen atoms in total. The zero-order valence-corrected chi connectivity index (χ0v) is 8.18. The highest BCUT2D eigenvalue weighted by Gasteiger charge is 2.09. The number of nitrogens with two attached hydrogens (primary N) is 1. The summed E-state index contributed by atoms with van der Waals surface area (Å²) in [5, 5.41) is 0. The van der Waals surface area contributed by atoms with Crippen LogP contribution in [0.15, 0.2) is 24.4 Å². The standard InChI is InChI=1S/C10H9N5/c1-6-12-9(11)8-10(13-6)15-5-3-2-4-7(15)14-8/h2-5H,1H3,(H2,11,12,13). The van der Waals surface area contributed by atoms with Gasteiger partial charge in [-0.15, -0.1) is 0 Å². The molecule has 2 N–H and O–H groups in total. The molecule has 0 aliphatic carbocycles. The molecule has 3 aromatic heterocycles. The average Bonchev–Trinajstić information content (AvgIpc) is 2.57. The molecule has 0 saturated heterocycles. The molecule has 0 spiro atoms. The maximum absolute atomic E-state index is 5.79. The summed E-state index contributed by atoms with van der Waals surface area (Å²) in [6, 6.07) is 5.77. The second-order valence-electron chi connectivity index (χ2n) is 3.37. The van der Waals surface area contributed by atoms with Crippen LogP contribution in [0, 0.1) is 6.92 Å². The number of imidazole rings is 1. The highest BCUT2D eigenvalue weighted by atomic mass is 15.1. The molecule has 15 heavy (non-hydrogen) atoms. The van der Waals surface area contributed by atoms with Gasteiger partial charge in [0, 0.05) is 6.20 Å². The van der Waals surface area contributed by atoms with Crippen molar-refractivity contribution in [1.29, 1.82) is 0 Å². The summed E-state index contributed by atoms with van der Waals surface area (Å²) in [5.41, 5.74) is 8.05. The van der Waals surface area contributed by atoms with Crippen LogP contribution in [0.3, 0.4) is 0 Å². The predicted octanol–water partition coefficient (Wildman–Crippen LogP) is 1.17. The second kappa shape index (κ2) is 2.66. The van der Waals surface area contributed by atoms with Crippen LogP contribution in [-0.4, -0.2) is 19.4 Å². The Hall–Kier alpha value is -2.17. The molecule has 3 rings (SSSR count). The van der Waals surface area contributed by atoms with Crippen LogP contribution in [0.1, 0.15) is 5.82 Å². The van der Waals surface area contributed by atoms with Crippen LogP contribution < -0.4 is 5.73 Å². The van der Waals surface area contributed by atoms with Crippen LogP contribution in [0.2, 0.25) is 0 Å². The number of fused-ring (bicyclic) bond motifs is 3. The number of nitrogen functional groups attached to an aromatic ring is 1. The lowest BCUT2D eigenvalue weighted by molar-refractivity contribution is 1.07. The van der Waals surface area contributed by atoms with Crippen molar-refractivity contribution < 1.29 is 0 Å². The fourth-order valence-corrected chi connectivity index (χ4v) is 1.67. The van der Waals surface area contributed by atoms with E-state index in [2.05, 4.69) is 15.0 Å². The lowest BCUT2D eigenvalue weighted by Crippen LogP contribution is -1.97. The van der Waals surface area contributed by atoms with Gasteiger partial charge in [0.1, 0.15) is 11.5 Å². The van der Waals surface area contributed by atoms with E-state index in [4.69, 9.17) is 5.73 Å². The van der Waals surface area contributed by atoms with Crippen molar-refractivity contribution in [2.75, 3.05) is 5.73 Å². The summed E-state index contributed by atoms with van der Waals surface area (Å²) >= 11 is 0. The quantitative estimate of drug-likeness (QED) is 0.590. The lowest BCUT2D eigenvalue weighted by atomic mass is 10.4. The van der Waals surface area contributed by atoms with Gasteiger partial charge < -0.3 is 5.73 Å². The molecular weight excluding hydrogens is 190 g/mol. The normalized spacial score (nSPS) is 11.3. The molecule has 0 fully saturated rings. The highest BCUT2D eigenvalue weighted by molar-refractivity contribution is 5.85. The molecule has 0 atom stereocenters. The van der Waals surface area contributed by atoms with E-state index in [9.17, 15) is 0 Å². The Balaban J connectivity index is 2.61. The molecule has 0 aromatic carbocycles. The molecule has 0 amide bonds. The third-order valence-corrected chi connectivity index (χ3v) is 2.30. The molecule has 74 valence electrons. The molecule has 5 heteroatoms. The van der Waals surface area contributed by atoms with E-state index in [1.54, 1.807) is 0 Å². The van der Waals surface area contributed by atoms with Crippen LogP contribution >= 0.6 is 0 Å². The Morgan fingerprint density at radius 3 is 2.93 bits per heavy atom. The van der Waals surface area contributed by atoms with E-state index in [0.29, 0.717) is 17.2 Å². The molecule has 0 saturated carbocycles. The van der Waals surface area contributed by atoms with Gasteiger partial charge in [-0.3, -0.25) is 4.40 Å². The fraction of sp³-hybridized carbons (Fsp3) is 0.100. The average molecular weight is 199 g/mol. The van der Waals surface area contributed by atoms with Gasteiger partial charge >= 0.3 is 0 Å². The molecule has 0 unspecified atom stereocenters. The minimum absolute atomic E-state index is 0.432. The maximum Gasteiger partial charge on any atom is 0.170 e. The van der Waals surface area contributed by atoms with E-state index in [-0.39, 0.29) is 0 Å². The van der Waals surface area contributed by atoms with Gasteiger partial charge in [-0.2, -0.15) is 0 Å². The Labute approximate surface area is 85.6 Å². The first-order valence-corrected chi connectivity index (χ1v) is 4.62. The van der Waals surface area contributed by atoms with Crippen LogP contribution in [-0.2, 0) is 0 Å². The summed E-state index contributed by atoms with van der Waals surface area (Å²) in [7, 11) is 0. The van der Waals surface area contributed by atoms with Crippen molar-refractivity contribution in [1.82, 2.24) is 19.4 Å². The third kappa shape index (κ3) is 1.06. The molecule has 3 aromatic rings. The molecule has 0 aliphatic heterocycles. The summed E-state index contributed by atoms with van der Waals surface area (Å²) in [6.45, 7) is 1.82. The van der Waals surface area contributed by atoms with Gasteiger partial charge in [0.2, 0.25) is 0 Å². The van der Waals surface area contributed by atoms with Crippen molar-refractivity contribution in [2.24, 2.45) is 0 Å². The van der Waals surface area contributed by atoms with E-state index in [1.165, 1.54) is 0 Å². The number of aromatic nitrogens is 4. The molecule has 0 radical (unpaired) electrons. The number of nitrogens with zero attached hydrogens (tertiary/aromatic N) is 4. The van der Waals surface area contributed by atoms with Crippen molar-refractivity contribution in [3.63, 3.8) is 0 Å². The van der Waals surface area contributed by atoms with Crippen molar-refractivity contribution in [2.45, 2.75) is 6.92 Å². The van der Waals surface area contributed by atoms with Gasteiger partial charge in [0.25, 0.3) is 0 Å². The van der Waals surface area contributed by atoms with Gasteiger partial charge in [-0.25, -0.2) is 15.0 Å². The Morgan fingerprint density at radius 2 is 2.07 bits per heavy atom. The van der Waals surface area contributed by atoms with Gasteiger partial charge in [-0.05, 0) is 19.1 Å². The Bertz CT molecular complexity index is 655. The topological polar surface area (TPSA) is 69.1 Å². The van der Waals surface area contributed by atoms with E-state index in [1.807, 2.05) is 35.7 Å². The zero-order valence-electron chi connectivity index (χ0n) is 8.18. The first-order valence-electron chi connectivity index (χ1n) is 4.62. The molecule has 3 heterocycles. The first-order chi connectivity index (χ1) is 7.25. The third-order valence-electron chi connectivity index (χ3n) is 2.30. The van der Waals surface area contributed by atoms with E-state index < -0.39 is 0 Å². The van der Waals surface area contributed by atoms with E-state index in [0.717, 1.165) is 11.3 Å². The smallest absolute Gasteiger partial charge is 0.170 e. The van der Waals surface area contributed by atoms with Crippen LogP contribution in [0.4, 0.5) is 5.82 Å². The number of hydrogen-bond acceptors (Lipinski definition) is 4. The molecule has 0 aliphatic rings. The largest absolute Gasteiger partial charge is 0.382 e. The summed E-state index contributed by atoms with van der Waals surface area (Å²) in [6.07, 6.45) is 1.91. The predicted molar refractivity (Wildman–Crippen MR) is 57.4 cm³/mol. The second-order valence-corrected chi connectivity index (χ2v) is 3.37. The zero-order chi connectivity index (χ0) is 10.4. The minimum atomic E-state index is 0.432. The summed E-state index contributed by atoms with van der Waals surface area (Å²) in [5.74, 6) is 1.09. The fourth-order valence-electron chi connectivity index (χ4n) is 1.67. The number of hydrogen-bond donors (Lipinski definition) is 1. The lowest BCUT2D eigenvalue weighted by Gasteiger charge is -1.96. The van der Waals surface area contributed by atoms with E-state index >= 15 is 0 Å². The highest BCUT2D eigenvalue weighted by Crippen LogP contribution is 2.18. The van der Waals surface area contributed by atoms with Gasteiger partial charge in [0.05, 0.1) is 0 Å². The summed E-state index contributed by atoms with van der Waals surface area (Å²) in [4.78, 5) is 12.8. The number of aryl methyl sites for hydroxylation is 1. The monoisotopic (exact) mass is 199 g/mol. The SMILES string of the molecule is Cc1nc(N)c2nc3ccccn3c2n1. The molecule has 0 bridgehead atoms. The van der Waals surface area contributed by atoms with Crippen molar-refractivity contribution >= 4 is 22.6 Å². The van der Waals surface area contributed by atoms with Gasteiger partial charge in [0.15, 0.2) is 17.0 Å². The Kier molecular flexibility index (Phi) is 1.45. The molecular formula is C10H9N5.